The number of benzene rings is 1. The smallest absolute Gasteiger partial charge is 0.223 e. The number of amides is 1. The van der Waals surface area contributed by atoms with Crippen LogP contribution in [0.1, 0.15) is 38.3 Å². The van der Waals surface area contributed by atoms with Gasteiger partial charge in [0.05, 0.1) is 0 Å². The van der Waals surface area contributed by atoms with E-state index in [1.165, 1.54) is 11.3 Å². The molecule has 0 saturated carbocycles. The molecule has 4 nitrogen and oxygen atoms in total. The van der Waals surface area contributed by atoms with Gasteiger partial charge in [0.1, 0.15) is 12.2 Å². The lowest BCUT2D eigenvalue weighted by Gasteiger charge is -2.49. The van der Waals surface area contributed by atoms with E-state index in [2.05, 4.69) is 96.5 Å². The van der Waals surface area contributed by atoms with Crippen LogP contribution >= 0.6 is 0 Å². The first-order chi connectivity index (χ1) is 12.5. The fraction of sp³-hybridized carbons (Fsp3) is 0.364. The average molecular weight is 348 g/mol. The van der Waals surface area contributed by atoms with Crippen molar-refractivity contribution in [3.63, 3.8) is 0 Å². The minimum Gasteiger partial charge on any atom is -0.344 e. The molecule has 134 valence electrons. The molecule has 4 heteroatoms. The van der Waals surface area contributed by atoms with Crippen molar-refractivity contribution in [2.75, 3.05) is 11.4 Å². The quantitative estimate of drug-likeness (QED) is 0.866. The van der Waals surface area contributed by atoms with Crippen LogP contribution in [0.15, 0.2) is 54.9 Å². The first-order valence-corrected chi connectivity index (χ1v) is 9.34. The highest BCUT2D eigenvalue weighted by Crippen LogP contribution is 2.52. The number of carbonyl (C=O) groups excluding carboxylic acids is 1. The number of aryl methyl sites for hydroxylation is 1. The highest BCUT2D eigenvalue weighted by Gasteiger charge is 2.57. The number of nitrogens with zero attached hydrogens (tertiary/aromatic N) is 2. The Hall–Kier alpha value is -2.62. The first kappa shape index (κ1) is 16.8. The standard InChI is InChI=1S/C22H25N3O/c1-4-24-14-7-8-17(16-24)11-13-22-21(2,3)18-9-5-6-10-19(18)25(22)15-12-20(26)23-22/h5-11,13-14,16H,4,12,15H2,1-3H3/p+1/b13-11+/t22-/m0/s1. The molecule has 26 heavy (non-hydrogen) atoms. The Morgan fingerprint density at radius 3 is 2.85 bits per heavy atom. The summed E-state index contributed by atoms with van der Waals surface area (Å²) >= 11 is 0. The van der Waals surface area contributed by atoms with Gasteiger partial charge in [-0.25, -0.2) is 4.57 Å². The molecule has 1 fully saturated rings. The van der Waals surface area contributed by atoms with Gasteiger partial charge < -0.3 is 10.2 Å². The summed E-state index contributed by atoms with van der Waals surface area (Å²) < 4.78 is 2.16. The Labute approximate surface area is 155 Å². The predicted octanol–water partition coefficient (Wildman–Crippen LogP) is 3.02. The lowest BCUT2D eigenvalue weighted by atomic mass is 9.74. The van der Waals surface area contributed by atoms with E-state index in [4.69, 9.17) is 0 Å². The second kappa shape index (κ2) is 5.97. The third kappa shape index (κ3) is 2.36. The van der Waals surface area contributed by atoms with E-state index in [9.17, 15) is 4.79 Å². The molecule has 1 aromatic carbocycles. The summed E-state index contributed by atoms with van der Waals surface area (Å²) in [6.07, 6.45) is 9.05. The van der Waals surface area contributed by atoms with Crippen LogP contribution in [-0.2, 0) is 16.8 Å². The molecule has 0 bridgehead atoms. The van der Waals surface area contributed by atoms with E-state index in [1.807, 2.05) is 0 Å². The third-order valence-corrected chi connectivity index (χ3v) is 5.90. The van der Waals surface area contributed by atoms with Gasteiger partial charge in [0, 0.05) is 35.7 Å². The Balaban J connectivity index is 1.82. The zero-order chi connectivity index (χ0) is 18.4. The number of rotatable bonds is 3. The van der Waals surface area contributed by atoms with Crippen LogP contribution in [0.5, 0.6) is 0 Å². The molecule has 0 aliphatic carbocycles. The van der Waals surface area contributed by atoms with Gasteiger partial charge in [-0.2, -0.15) is 0 Å². The van der Waals surface area contributed by atoms with E-state index < -0.39 is 5.66 Å². The normalized spacial score (nSPS) is 23.7. The van der Waals surface area contributed by atoms with Gasteiger partial charge in [0.2, 0.25) is 5.91 Å². The predicted molar refractivity (Wildman–Crippen MR) is 104 cm³/mol. The van der Waals surface area contributed by atoms with Crippen LogP contribution in [0.2, 0.25) is 0 Å². The molecular formula is C22H26N3O+. The van der Waals surface area contributed by atoms with Crippen LogP contribution < -0.4 is 14.8 Å². The fourth-order valence-electron chi connectivity index (χ4n) is 4.37. The maximum absolute atomic E-state index is 12.4. The number of para-hydroxylation sites is 1. The highest BCUT2D eigenvalue weighted by atomic mass is 16.2. The summed E-state index contributed by atoms with van der Waals surface area (Å²) in [6.45, 7) is 8.25. The van der Waals surface area contributed by atoms with Crippen molar-refractivity contribution in [1.29, 1.82) is 0 Å². The van der Waals surface area contributed by atoms with Gasteiger partial charge in [-0.15, -0.1) is 0 Å². The molecule has 3 heterocycles. The minimum atomic E-state index is -0.543. The van der Waals surface area contributed by atoms with Crippen molar-refractivity contribution in [2.24, 2.45) is 0 Å². The monoisotopic (exact) mass is 348 g/mol. The van der Waals surface area contributed by atoms with Crippen molar-refractivity contribution in [3.8, 4) is 0 Å². The van der Waals surface area contributed by atoms with Gasteiger partial charge in [-0.3, -0.25) is 4.79 Å². The molecule has 1 amide bonds. The first-order valence-electron chi connectivity index (χ1n) is 9.34. The molecule has 1 N–H and O–H groups in total. The van der Waals surface area contributed by atoms with Crippen LogP contribution in [-0.4, -0.2) is 18.1 Å². The van der Waals surface area contributed by atoms with Gasteiger partial charge in [0.25, 0.3) is 0 Å². The topological polar surface area (TPSA) is 36.2 Å². The summed E-state index contributed by atoms with van der Waals surface area (Å²) in [4.78, 5) is 14.7. The Morgan fingerprint density at radius 2 is 2.04 bits per heavy atom. The second-order valence-corrected chi connectivity index (χ2v) is 7.66. The van der Waals surface area contributed by atoms with E-state index in [-0.39, 0.29) is 11.3 Å². The van der Waals surface area contributed by atoms with Gasteiger partial charge in [-0.1, -0.05) is 32.0 Å². The zero-order valence-electron chi connectivity index (χ0n) is 15.7. The number of carbonyl (C=O) groups is 1. The van der Waals surface area contributed by atoms with E-state index in [1.54, 1.807) is 0 Å². The van der Waals surface area contributed by atoms with Crippen LogP contribution in [0.25, 0.3) is 6.08 Å². The summed E-state index contributed by atoms with van der Waals surface area (Å²) in [5.74, 6) is 0.114. The molecule has 0 unspecified atom stereocenters. The third-order valence-electron chi connectivity index (χ3n) is 5.90. The number of anilines is 1. The number of hydrogen-bond acceptors (Lipinski definition) is 2. The van der Waals surface area contributed by atoms with Crippen molar-refractivity contribution >= 4 is 17.7 Å². The summed E-state index contributed by atoms with van der Waals surface area (Å²) in [5, 5.41) is 3.32. The molecule has 1 saturated heterocycles. The van der Waals surface area contributed by atoms with Crippen LogP contribution in [0.3, 0.4) is 0 Å². The fourth-order valence-corrected chi connectivity index (χ4v) is 4.37. The van der Waals surface area contributed by atoms with Crippen LogP contribution in [0, 0.1) is 0 Å². The number of pyridine rings is 1. The summed E-state index contributed by atoms with van der Waals surface area (Å²) in [6, 6.07) is 12.7. The van der Waals surface area contributed by atoms with Crippen molar-refractivity contribution in [3.05, 3.63) is 66.0 Å². The molecule has 0 spiro atoms. The van der Waals surface area contributed by atoms with E-state index in [0.717, 1.165) is 18.7 Å². The highest BCUT2D eigenvalue weighted by molar-refractivity contribution is 5.84. The number of fused-ring (bicyclic) bond motifs is 3. The lowest BCUT2D eigenvalue weighted by molar-refractivity contribution is -0.693. The summed E-state index contributed by atoms with van der Waals surface area (Å²) in [7, 11) is 0. The molecule has 4 rings (SSSR count). The molecule has 1 atom stereocenters. The Bertz CT molecular complexity index is 886. The molecular weight excluding hydrogens is 322 g/mol. The van der Waals surface area contributed by atoms with Gasteiger partial charge in [0.15, 0.2) is 12.4 Å². The molecule has 2 aliphatic rings. The van der Waals surface area contributed by atoms with Crippen molar-refractivity contribution < 1.29 is 9.36 Å². The van der Waals surface area contributed by atoms with Gasteiger partial charge in [-0.05, 0) is 36.8 Å². The zero-order valence-corrected chi connectivity index (χ0v) is 15.7. The molecule has 1 aromatic heterocycles. The van der Waals surface area contributed by atoms with Crippen LogP contribution in [0.4, 0.5) is 5.69 Å². The van der Waals surface area contributed by atoms with E-state index >= 15 is 0 Å². The molecule has 2 aromatic rings. The van der Waals surface area contributed by atoms with E-state index in [0.29, 0.717) is 6.42 Å². The number of nitrogens with one attached hydrogen (secondary N) is 1. The maximum atomic E-state index is 12.4. The largest absolute Gasteiger partial charge is 0.344 e. The maximum Gasteiger partial charge on any atom is 0.223 e. The number of aromatic nitrogens is 1. The Morgan fingerprint density at radius 1 is 1.23 bits per heavy atom. The summed E-state index contributed by atoms with van der Waals surface area (Å²) in [5.41, 5.74) is 2.86. The number of hydrogen-bond donors (Lipinski definition) is 1. The van der Waals surface area contributed by atoms with Crippen molar-refractivity contribution in [2.45, 2.75) is 44.8 Å². The molecule has 2 aliphatic heterocycles. The van der Waals surface area contributed by atoms with Crippen molar-refractivity contribution in [1.82, 2.24) is 5.32 Å². The SMILES string of the molecule is CC[n+]1cccc(/C=C/[C@]23NC(=O)CCN2c2ccccc2C3(C)C)c1. The average Bonchev–Trinajstić information content (AvgIpc) is 2.85. The second-order valence-electron chi connectivity index (χ2n) is 7.66. The Kier molecular flexibility index (Phi) is 3.87. The molecule has 0 radical (unpaired) electrons. The lowest BCUT2D eigenvalue weighted by Crippen LogP contribution is -2.68. The minimum absolute atomic E-state index is 0.114. The van der Waals surface area contributed by atoms with Gasteiger partial charge >= 0.3 is 0 Å².